The van der Waals surface area contributed by atoms with Crippen LogP contribution >= 0.6 is 0 Å². The standard InChI is InChI=1S/C17H21NO/c1-3-17(2,12-18)16(19)11-14-9-6-8-13-7-4-5-10-15(13)14/h4-10H,3,11-12,18H2,1-2H3. The molecule has 2 rings (SSSR count). The van der Waals surface area contributed by atoms with E-state index in [1.165, 1.54) is 5.39 Å². The number of ketones is 1. The van der Waals surface area contributed by atoms with Gasteiger partial charge in [0.05, 0.1) is 0 Å². The Hall–Kier alpha value is -1.67. The number of fused-ring (bicyclic) bond motifs is 1. The molecular weight excluding hydrogens is 234 g/mol. The number of carbonyl (C=O) groups is 1. The average Bonchev–Trinajstić information content (AvgIpc) is 2.46. The molecule has 0 fully saturated rings. The quantitative estimate of drug-likeness (QED) is 0.890. The van der Waals surface area contributed by atoms with Crippen LogP contribution in [-0.2, 0) is 11.2 Å². The fraction of sp³-hybridized carbons (Fsp3) is 0.353. The molecule has 0 heterocycles. The predicted octanol–water partition coefficient (Wildman–Crippen LogP) is 3.33. The molecule has 0 spiro atoms. The van der Waals surface area contributed by atoms with E-state index < -0.39 is 5.41 Å². The van der Waals surface area contributed by atoms with E-state index in [1.807, 2.05) is 38.1 Å². The second-order valence-electron chi connectivity index (χ2n) is 5.36. The maximum absolute atomic E-state index is 12.5. The van der Waals surface area contributed by atoms with Gasteiger partial charge < -0.3 is 5.73 Å². The van der Waals surface area contributed by atoms with Crippen LogP contribution < -0.4 is 5.73 Å². The lowest BCUT2D eigenvalue weighted by Gasteiger charge is -2.24. The summed E-state index contributed by atoms with van der Waals surface area (Å²) < 4.78 is 0. The highest BCUT2D eigenvalue weighted by atomic mass is 16.1. The first-order valence-corrected chi connectivity index (χ1v) is 6.81. The third-order valence-electron chi connectivity index (χ3n) is 4.13. The number of carbonyl (C=O) groups excluding carboxylic acids is 1. The highest BCUT2D eigenvalue weighted by Crippen LogP contribution is 2.25. The van der Waals surface area contributed by atoms with Crippen molar-refractivity contribution in [1.29, 1.82) is 0 Å². The predicted molar refractivity (Wildman–Crippen MR) is 80.1 cm³/mol. The Bertz CT molecular complexity index is 579. The summed E-state index contributed by atoms with van der Waals surface area (Å²) in [6.45, 7) is 4.39. The fourth-order valence-corrected chi connectivity index (χ4v) is 2.29. The smallest absolute Gasteiger partial charge is 0.144 e. The summed E-state index contributed by atoms with van der Waals surface area (Å²) in [6.07, 6.45) is 1.25. The number of hydrogen-bond donors (Lipinski definition) is 1. The van der Waals surface area contributed by atoms with Crippen LogP contribution in [0.1, 0.15) is 25.8 Å². The molecule has 0 amide bonds. The van der Waals surface area contributed by atoms with Crippen molar-refractivity contribution in [3.8, 4) is 0 Å². The molecule has 2 nitrogen and oxygen atoms in total. The second-order valence-corrected chi connectivity index (χ2v) is 5.36. The van der Waals surface area contributed by atoms with Crippen LogP contribution in [0, 0.1) is 5.41 Å². The summed E-state index contributed by atoms with van der Waals surface area (Å²) in [5, 5.41) is 2.34. The van der Waals surface area contributed by atoms with Crippen LogP contribution in [0.4, 0.5) is 0 Å². The van der Waals surface area contributed by atoms with Gasteiger partial charge in [-0.3, -0.25) is 4.79 Å². The van der Waals surface area contributed by atoms with Crippen LogP contribution in [0.15, 0.2) is 42.5 Å². The van der Waals surface area contributed by atoms with Crippen molar-refractivity contribution in [1.82, 2.24) is 0 Å². The average molecular weight is 255 g/mol. The van der Waals surface area contributed by atoms with E-state index >= 15 is 0 Å². The van der Waals surface area contributed by atoms with Gasteiger partial charge in [-0.15, -0.1) is 0 Å². The topological polar surface area (TPSA) is 43.1 Å². The summed E-state index contributed by atoms with van der Waals surface area (Å²) >= 11 is 0. The van der Waals surface area contributed by atoms with Gasteiger partial charge in [0.25, 0.3) is 0 Å². The summed E-state index contributed by atoms with van der Waals surface area (Å²) in [4.78, 5) is 12.5. The van der Waals surface area contributed by atoms with Crippen molar-refractivity contribution >= 4 is 16.6 Å². The zero-order valence-corrected chi connectivity index (χ0v) is 11.6. The molecule has 0 aliphatic heterocycles. The van der Waals surface area contributed by atoms with E-state index in [2.05, 4.69) is 18.2 Å². The lowest BCUT2D eigenvalue weighted by atomic mass is 9.80. The molecule has 1 atom stereocenters. The largest absolute Gasteiger partial charge is 0.329 e. The molecule has 0 aromatic heterocycles. The SMILES string of the molecule is CCC(C)(CN)C(=O)Cc1cccc2ccccc12. The lowest BCUT2D eigenvalue weighted by Crippen LogP contribution is -2.36. The molecule has 0 radical (unpaired) electrons. The number of Topliss-reactive ketones (excluding diaryl/α,β-unsaturated/α-hetero) is 1. The molecule has 2 N–H and O–H groups in total. The van der Waals surface area contributed by atoms with E-state index in [-0.39, 0.29) is 5.78 Å². The number of benzene rings is 2. The van der Waals surface area contributed by atoms with E-state index in [1.54, 1.807) is 0 Å². The Kier molecular flexibility index (Phi) is 4.01. The summed E-state index contributed by atoms with van der Waals surface area (Å²) in [6, 6.07) is 14.3. The van der Waals surface area contributed by atoms with Gasteiger partial charge in [0, 0.05) is 18.4 Å². The number of nitrogens with two attached hydrogens (primary N) is 1. The van der Waals surface area contributed by atoms with E-state index in [0.717, 1.165) is 17.4 Å². The molecule has 0 bridgehead atoms. The van der Waals surface area contributed by atoms with Crippen LogP contribution in [0.5, 0.6) is 0 Å². The van der Waals surface area contributed by atoms with Gasteiger partial charge in [-0.1, -0.05) is 56.3 Å². The van der Waals surface area contributed by atoms with Crippen molar-refractivity contribution in [3.63, 3.8) is 0 Å². The zero-order chi connectivity index (χ0) is 13.9. The van der Waals surface area contributed by atoms with Crippen molar-refractivity contribution in [2.45, 2.75) is 26.7 Å². The first-order valence-electron chi connectivity index (χ1n) is 6.81. The van der Waals surface area contributed by atoms with Gasteiger partial charge in [-0.05, 0) is 22.8 Å². The summed E-state index contributed by atoms with van der Waals surface area (Å²) in [7, 11) is 0. The Labute approximate surface area is 114 Å². The molecule has 0 aliphatic rings. The Morgan fingerprint density at radius 3 is 2.53 bits per heavy atom. The van der Waals surface area contributed by atoms with Gasteiger partial charge in [0.1, 0.15) is 5.78 Å². The molecule has 2 aromatic carbocycles. The van der Waals surface area contributed by atoms with Gasteiger partial charge >= 0.3 is 0 Å². The third kappa shape index (κ3) is 2.69. The van der Waals surface area contributed by atoms with Crippen LogP contribution in [0.3, 0.4) is 0 Å². The minimum atomic E-state index is -0.406. The molecule has 1 unspecified atom stereocenters. The molecule has 0 saturated heterocycles. The molecule has 100 valence electrons. The summed E-state index contributed by atoms with van der Waals surface area (Å²) in [5.41, 5.74) is 6.45. The van der Waals surface area contributed by atoms with Crippen molar-refractivity contribution in [3.05, 3.63) is 48.0 Å². The van der Waals surface area contributed by atoms with Crippen LogP contribution in [-0.4, -0.2) is 12.3 Å². The molecular formula is C17H21NO. The van der Waals surface area contributed by atoms with E-state index in [9.17, 15) is 4.79 Å². The van der Waals surface area contributed by atoms with Gasteiger partial charge in [0.15, 0.2) is 0 Å². The second kappa shape index (κ2) is 5.54. The Morgan fingerprint density at radius 1 is 1.16 bits per heavy atom. The van der Waals surface area contributed by atoms with Crippen molar-refractivity contribution in [2.24, 2.45) is 11.1 Å². The fourth-order valence-electron chi connectivity index (χ4n) is 2.29. The maximum atomic E-state index is 12.5. The van der Waals surface area contributed by atoms with Crippen LogP contribution in [0.2, 0.25) is 0 Å². The van der Waals surface area contributed by atoms with Gasteiger partial charge in [0.2, 0.25) is 0 Å². The summed E-state index contributed by atoms with van der Waals surface area (Å²) in [5.74, 6) is 0.230. The Balaban J connectivity index is 2.34. The first kappa shape index (κ1) is 13.8. The minimum Gasteiger partial charge on any atom is -0.329 e. The molecule has 2 aromatic rings. The first-order chi connectivity index (χ1) is 9.10. The zero-order valence-electron chi connectivity index (χ0n) is 11.6. The van der Waals surface area contributed by atoms with Gasteiger partial charge in [-0.25, -0.2) is 0 Å². The molecule has 19 heavy (non-hydrogen) atoms. The number of rotatable bonds is 5. The van der Waals surface area contributed by atoms with Gasteiger partial charge in [-0.2, -0.15) is 0 Å². The monoisotopic (exact) mass is 255 g/mol. The number of hydrogen-bond acceptors (Lipinski definition) is 2. The lowest BCUT2D eigenvalue weighted by molar-refractivity contribution is -0.126. The highest BCUT2D eigenvalue weighted by Gasteiger charge is 2.29. The minimum absolute atomic E-state index is 0.230. The maximum Gasteiger partial charge on any atom is 0.144 e. The molecule has 0 aliphatic carbocycles. The molecule has 2 heteroatoms. The normalized spacial score (nSPS) is 14.3. The van der Waals surface area contributed by atoms with E-state index in [0.29, 0.717) is 13.0 Å². The highest BCUT2D eigenvalue weighted by molar-refractivity contribution is 5.93. The van der Waals surface area contributed by atoms with Crippen molar-refractivity contribution < 1.29 is 4.79 Å². The molecule has 0 saturated carbocycles. The van der Waals surface area contributed by atoms with Crippen molar-refractivity contribution in [2.75, 3.05) is 6.54 Å². The van der Waals surface area contributed by atoms with E-state index in [4.69, 9.17) is 5.73 Å². The third-order valence-corrected chi connectivity index (χ3v) is 4.13. The van der Waals surface area contributed by atoms with Crippen LogP contribution in [0.25, 0.3) is 10.8 Å². The Morgan fingerprint density at radius 2 is 1.84 bits per heavy atom.